The predicted octanol–water partition coefficient (Wildman–Crippen LogP) is 4.83. The number of aromatic nitrogens is 2. The number of fused-ring (bicyclic) bond motifs is 1. The highest BCUT2D eigenvalue weighted by Crippen LogP contribution is 2.35. The van der Waals surface area contributed by atoms with Crippen molar-refractivity contribution in [2.75, 3.05) is 32.1 Å². The summed E-state index contributed by atoms with van der Waals surface area (Å²) in [6.07, 6.45) is 1.44. The molecule has 1 aliphatic rings. The molecular formula is C22H24Cl2N4O3. The number of hydrogen-bond donors (Lipinski definition) is 2. The van der Waals surface area contributed by atoms with E-state index in [0.717, 1.165) is 29.7 Å². The Kier molecular flexibility index (Phi) is 6.39. The minimum atomic E-state index is -0.224. The Labute approximate surface area is 191 Å². The molecule has 2 N–H and O–H groups in total. The molecule has 0 spiro atoms. The van der Waals surface area contributed by atoms with Crippen molar-refractivity contribution < 1.29 is 14.2 Å². The van der Waals surface area contributed by atoms with Crippen molar-refractivity contribution in [1.29, 1.82) is 0 Å². The molecule has 3 aromatic rings. The van der Waals surface area contributed by atoms with E-state index in [2.05, 4.69) is 34.4 Å². The molecule has 31 heavy (non-hydrogen) atoms. The molecule has 1 fully saturated rings. The highest BCUT2D eigenvalue weighted by atomic mass is 35.5. The molecule has 0 radical (unpaired) electrons. The summed E-state index contributed by atoms with van der Waals surface area (Å²) in [5, 5.41) is 8.37. The van der Waals surface area contributed by atoms with Gasteiger partial charge >= 0.3 is 0 Å². The molecule has 2 aromatic carbocycles. The third kappa shape index (κ3) is 5.13. The van der Waals surface area contributed by atoms with Gasteiger partial charge in [0, 0.05) is 30.2 Å². The molecule has 1 aliphatic heterocycles. The first kappa shape index (κ1) is 21.9. The summed E-state index contributed by atoms with van der Waals surface area (Å²) in [6.45, 7) is 6.06. The van der Waals surface area contributed by atoms with Gasteiger partial charge in [-0.1, -0.05) is 23.2 Å². The van der Waals surface area contributed by atoms with Crippen LogP contribution in [-0.4, -0.2) is 48.5 Å². The van der Waals surface area contributed by atoms with Crippen LogP contribution in [0.25, 0.3) is 10.9 Å². The normalized spacial score (nSPS) is 18.0. The zero-order valence-electron chi connectivity index (χ0n) is 17.5. The van der Waals surface area contributed by atoms with Crippen molar-refractivity contribution in [3.05, 3.63) is 46.7 Å². The lowest BCUT2D eigenvalue weighted by molar-refractivity contribution is -0.107. The fourth-order valence-electron chi connectivity index (χ4n) is 3.49. The van der Waals surface area contributed by atoms with Gasteiger partial charge in [0.2, 0.25) is 0 Å². The summed E-state index contributed by atoms with van der Waals surface area (Å²) in [4.78, 5) is 8.76. The van der Waals surface area contributed by atoms with Gasteiger partial charge in [0.25, 0.3) is 0 Å². The Morgan fingerprint density at radius 1 is 1.16 bits per heavy atom. The number of rotatable bonds is 6. The maximum Gasteiger partial charge on any atom is 0.163 e. The monoisotopic (exact) mass is 462 g/mol. The smallest absolute Gasteiger partial charge is 0.163 e. The zero-order valence-corrected chi connectivity index (χ0v) is 19.0. The first-order valence-corrected chi connectivity index (χ1v) is 10.7. The maximum absolute atomic E-state index is 6.13. The Balaban J connectivity index is 1.58. The first-order chi connectivity index (χ1) is 14.8. The number of morpholine rings is 1. The lowest BCUT2D eigenvalue weighted by Gasteiger charge is -2.36. The fraction of sp³-hybridized carbons (Fsp3) is 0.364. The van der Waals surface area contributed by atoms with Gasteiger partial charge in [-0.05, 0) is 38.1 Å². The van der Waals surface area contributed by atoms with Crippen molar-refractivity contribution in [3.8, 4) is 11.5 Å². The Bertz CT molecular complexity index is 1090. The van der Waals surface area contributed by atoms with Crippen LogP contribution < -0.4 is 20.1 Å². The second-order valence-corrected chi connectivity index (χ2v) is 8.75. The summed E-state index contributed by atoms with van der Waals surface area (Å²) >= 11 is 12.1. The van der Waals surface area contributed by atoms with E-state index < -0.39 is 0 Å². The first-order valence-electron chi connectivity index (χ1n) is 9.91. The lowest BCUT2D eigenvalue weighted by atomic mass is 10.1. The van der Waals surface area contributed by atoms with E-state index in [0.29, 0.717) is 34.0 Å². The average molecular weight is 463 g/mol. The van der Waals surface area contributed by atoms with Crippen molar-refractivity contribution in [1.82, 2.24) is 15.3 Å². The third-order valence-corrected chi connectivity index (χ3v) is 5.68. The van der Waals surface area contributed by atoms with Crippen LogP contribution in [0.3, 0.4) is 0 Å². The maximum atomic E-state index is 6.13. The molecular weight excluding hydrogens is 439 g/mol. The minimum absolute atomic E-state index is 0.0542. The molecule has 0 aliphatic carbocycles. The summed E-state index contributed by atoms with van der Waals surface area (Å²) in [7, 11) is 1.60. The largest absolute Gasteiger partial charge is 0.493 e. The Morgan fingerprint density at radius 2 is 2.00 bits per heavy atom. The molecule has 2 heterocycles. The summed E-state index contributed by atoms with van der Waals surface area (Å²) < 4.78 is 17.7. The number of methoxy groups -OCH3 is 1. The van der Waals surface area contributed by atoms with E-state index in [1.165, 1.54) is 6.33 Å². The van der Waals surface area contributed by atoms with Gasteiger partial charge in [0.1, 0.15) is 24.9 Å². The average Bonchev–Trinajstić information content (AvgIpc) is 2.74. The zero-order chi connectivity index (χ0) is 22.0. The van der Waals surface area contributed by atoms with Gasteiger partial charge in [-0.15, -0.1) is 0 Å². The number of halogens is 2. The highest BCUT2D eigenvalue weighted by Gasteiger charge is 2.29. The highest BCUT2D eigenvalue weighted by molar-refractivity contribution is 6.42. The SMILES string of the molecule is COc1cc2c(Nc3ccc(Cl)c(Cl)c3)ncnc2cc1OCC1CNCC(C)(C)O1. The van der Waals surface area contributed by atoms with E-state index in [9.17, 15) is 0 Å². The van der Waals surface area contributed by atoms with E-state index in [1.807, 2.05) is 18.2 Å². The fourth-order valence-corrected chi connectivity index (χ4v) is 3.79. The van der Waals surface area contributed by atoms with E-state index in [1.54, 1.807) is 19.2 Å². The van der Waals surface area contributed by atoms with Gasteiger partial charge in [0.05, 0.1) is 28.3 Å². The Morgan fingerprint density at radius 3 is 2.74 bits per heavy atom. The number of benzene rings is 2. The molecule has 164 valence electrons. The van der Waals surface area contributed by atoms with Gasteiger partial charge < -0.3 is 24.8 Å². The van der Waals surface area contributed by atoms with Crippen molar-refractivity contribution in [2.24, 2.45) is 0 Å². The standard InChI is InChI=1S/C22H24Cl2N4O3/c1-22(2)11-25-9-14(31-22)10-30-20-8-18-15(7-19(20)29-3)21(27-12-26-18)28-13-4-5-16(23)17(24)6-13/h4-8,12,14,25H,9-11H2,1-3H3,(H,26,27,28). The van der Waals surface area contributed by atoms with Crippen LogP contribution in [0.2, 0.25) is 10.0 Å². The Hall–Kier alpha value is -2.32. The molecule has 9 heteroatoms. The topological polar surface area (TPSA) is 77.5 Å². The summed E-state index contributed by atoms with van der Waals surface area (Å²) in [6, 6.07) is 9.00. The van der Waals surface area contributed by atoms with Gasteiger partial charge in [0.15, 0.2) is 11.5 Å². The number of nitrogens with zero attached hydrogens (tertiary/aromatic N) is 2. The molecule has 1 atom stereocenters. The van der Waals surface area contributed by atoms with Crippen LogP contribution in [0, 0.1) is 0 Å². The summed E-state index contributed by atoms with van der Waals surface area (Å²) in [5.41, 5.74) is 1.26. The quantitative estimate of drug-likeness (QED) is 0.542. The number of hydrogen-bond acceptors (Lipinski definition) is 7. The summed E-state index contributed by atoms with van der Waals surface area (Å²) in [5.74, 6) is 1.80. The number of anilines is 2. The second-order valence-electron chi connectivity index (χ2n) is 7.94. The molecule has 1 aromatic heterocycles. The number of nitrogens with one attached hydrogen (secondary N) is 2. The molecule has 0 amide bonds. The van der Waals surface area contributed by atoms with Gasteiger partial charge in [-0.2, -0.15) is 0 Å². The van der Waals surface area contributed by atoms with E-state index in [4.69, 9.17) is 37.4 Å². The van der Waals surface area contributed by atoms with Crippen LogP contribution in [0.15, 0.2) is 36.7 Å². The van der Waals surface area contributed by atoms with Crippen molar-refractivity contribution in [2.45, 2.75) is 25.6 Å². The lowest BCUT2D eigenvalue weighted by Crippen LogP contribution is -2.52. The van der Waals surface area contributed by atoms with Crippen LogP contribution in [-0.2, 0) is 4.74 Å². The van der Waals surface area contributed by atoms with Crippen LogP contribution in [0.5, 0.6) is 11.5 Å². The molecule has 1 unspecified atom stereocenters. The van der Waals surface area contributed by atoms with Gasteiger partial charge in [-0.3, -0.25) is 0 Å². The minimum Gasteiger partial charge on any atom is -0.493 e. The molecule has 4 rings (SSSR count). The molecule has 0 bridgehead atoms. The molecule has 0 saturated carbocycles. The van der Waals surface area contributed by atoms with Crippen LogP contribution in [0.1, 0.15) is 13.8 Å². The van der Waals surface area contributed by atoms with Crippen molar-refractivity contribution in [3.63, 3.8) is 0 Å². The third-order valence-electron chi connectivity index (χ3n) is 4.94. The number of ether oxygens (including phenoxy) is 3. The molecule has 1 saturated heterocycles. The van der Waals surface area contributed by atoms with E-state index in [-0.39, 0.29) is 11.7 Å². The van der Waals surface area contributed by atoms with Crippen molar-refractivity contribution >= 4 is 45.6 Å². The van der Waals surface area contributed by atoms with Crippen LogP contribution in [0.4, 0.5) is 11.5 Å². The van der Waals surface area contributed by atoms with Gasteiger partial charge in [-0.25, -0.2) is 9.97 Å². The molecule has 7 nitrogen and oxygen atoms in total. The second kappa shape index (κ2) is 9.04. The predicted molar refractivity (Wildman–Crippen MR) is 123 cm³/mol. The van der Waals surface area contributed by atoms with E-state index >= 15 is 0 Å². The van der Waals surface area contributed by atoms with Crippen LogP contribution >= 0.6 is 23.2 Å².